The molecule has 0 spiro atoms. The number of esters is 1. The molecule has 0 saturated heterocycles. The minimum absolute atomic E-state index is 0.0607. The number of carbonyl (C=O) groups excluding carboxylic acids is 2. The van der Waals surface area contributed by atoms with Gasteiger partial charge in [-0.3, -0.25) is 4.79 Å². The van der Waals surface area contributed by atoms with Crippen LogP contribution in [0.4, 0.5) is 0 Å². The van der Waals surface area contributed by atoms with Crippen LogP contribution in [0.5, 0.6) is 0 Å². The number of aromatic carboxylic acids is 1. The van der Waals surface area contributed by atoms with E-state index in [1.807, 2.05) is 0 Å². The maximum absolute atomic E-state index is 11.8. The first-order valence-corrected chi connectivity index (χ1v) is 5.43. The maximum Gasteiger partial charge on any atom is 0.338 e. The Bertz CT molecular complexity index is 517. The Balaban J connectivity index is 3.55. The molecule has 0 unspecified atom stereocenters. The van der Waals surface area contributed by atoms with Gasteiger partial charge < -0.3 is 9.84 Å². The van der Waals surface area contributed by atoms with Crippen molar-refractivity contribution in [2.75, 3.05) is 6.61 Å². The van der Waals surface area contributed by atoms with E-state index in [1.165, 1.54) is 13.0 Å². The number of carboxylic acid groups (broad SMARTS) is 1. The molecule has 0 fully saturated rings. The van der Waals surface area contributed by atoms with E-state index in [0.717, 1.165) is 0 Å². The van der Waals surface area contributed by atoms with E-state index in [0.29, 0.717) is 11.8 Å². The number of benzene rings is 1. The predicted octanol–water partition coefficient (Wildman–Crippen LogP) is 1.99. The van der Waals surface area contributed by atoms with Crippen molar-refractivity contribution in [2.24, 2.45) is 0 Å². The van der Waals surface area contributed by atoms with Crippen molar-refractivity contribution in [3.63, 3.8) is 0 Å². The molecule has 0 amide bonds. The Hall–Kier alpha value is -2.17. The lowest BCUT2D eigenvalue weighted by Crippen LogP contribution is -2.14. The number of hydrogen-bond donors (Lipinski definition) is 1. The molecular formula is C13H14O5. The quantitative estimate of drug-likeness (QED) is 0.652. The Morgan fingerprint density at radius 2 is 1.94 bits per heavy atom. The topological polar surface area (TPSA) is 80.7 Å². The van der Waals surface area contributed by atoms with Crippen molar-refractivity contribution >= 4 is 18.2 Å². The summed E-state index contributed by atoms with van der Waals surface area (Å²) in [4.78, 5) is 33.8. The maximum atomic E-state index is 11.8. The lowest BCUT2D eigenvalue weighted by Gasteiger charge is -2.13. The standard InChI is InChI=1S/C13H14O5/c1-4-18-13(17)10-7(2)5-9(6-14)11(8(10)3)12(15)16/h5-6H,4H2,1-3H3,(H,15,16). The molecule has 0 atom stereocenters. The van der Waals surface area contributed by atoms with Crippen LogP contribution in [0.15, 0.2) is 6.07 Å². The average Bonchev–Trinajstić information content (AvgIpc) is 2.27. The van der Waals surface area contributed by atoms with Crippen LogP contribution in [0.3, 0.4) is 0 Å². The summed E-state index contributed by atoms with van der Waals surface area (Å²) in [6.07, 6.45) is 0.471. The first-order valence-electron chi connectivity index (χ1n) is 5.43. The minimum Gasteiger partial charge on any atom is -0.478 e. The SMILES string of the molecule is CCOC(=O)c1c(C)cc(C=O)c(C(=O)O)c1C. The van der Waals surface area contributed by atoms with Crippen molar-refractivity contribution in [2.45, 2.75) is 20.8 Å². The highest BCUT2D eigenvalue weighted by atomic mass is 16.5. The zero-order chi connectivity index (χ0) is 13.9. The number of ether oxygens (including phenoxy) is 1. The smallest absolute Gasteiger partial charge is 0.338 e. The van der Waals surface area contributed by atoms with E-state index in [2.05, 4.69) is 0 Å². The Morgan fingerprint density at radius 3 is 2.39 bits per heavy atom. The molecule has 1 aromatic rings. The molecular weight excluding hydrogens is 236 g/mol. The van der Waals surface area contributed by atoms with Gasteiger partial charge in [-0.05, 0) is 38.0 Å². The molecule has 5 nitrogen and oxygen atoms in total. The predicted molar refractivity (Wildman–Crippen MR) is 64.2 cm³/mol. The fourth-order valence-electron chi connectivity index (χ4n) is 1.91. The van der Waals surface area contributed by atoms with Gasteiger partial charge in [0.2, 0.25) is 0 Å². The number of aryl methyl sites for hydroxylation is 1. The van der Waals surface area contributed by atoms with Crippen LogP contribution in [-0.2, 0) is 4.74 Å². The lowest BCUT2D eigenvalue weighted by atomic mass is 9.93. The van der Waals surface area contributed by atoms with Crippen molar-refractivity contribution in [1.29, 1.82) is 0 Å². The first-order chi connectivity index (χ1) is 8.43. The van der Waals surface area contributed by atoms with Crippen molar-refractivity contribution in [3.05, 3.63) is 33.9 Å². The first kappa shape index (κ1) is 13.9. The zero-order valence-electron chi connectivity index (χ0n) is 10.4. The lowest BCUT2D eigenvalue weighted by molar-refractivity contribution is 0.0524. The van der Waals surface area contributed by atoms with Crippen LogP contribution < -0.4 is 0 Å². The van der Waals surface area contributed by atoms with E-state index in [1.54, 1.807) is 13.8 Å². The van der Waals surface area contributed by atoms with Gasteiger partial charge in [0.05, 0.1) is 17.7 Å². The van der Waals surface area contributed by atoms with Crippen molar-refractivity contribution < 1.29 is 24.2 Å². The highest BCUT2D eigenvalue weighted by Gasteiger charge is 2.22. The summed E-state index contributed by atoms with van der Waals surface area (Å²) in [6.45, 7) is 5.00. The van der Waals surface area contributed by atoms with Gasteiger partial charge in [-0.25, -0.2) is 9.59 Å². The van der Waals surface area contributed by atoms with Gasteiger partial charge in [0, 0.05) is 5.56 Å². The van der Waals surface area contributed by atoms with Crippen LogP contribution >= 0.6 is 0 Å². The molecule has 1 aromatic carbocycles. The van der Waals surface area contributed by atoms with Gasteiger partial charge >= 0.3 is 11.9 Å². The fourth-order valence-corrected chi connectivity index (χ4v) is 1.91. The average molecular weight is 250 g/mol. The summed E-state index contributed by atoms with van der Waals surface area (Å²) < 4.78 is 4.88. The van der Waals surface area contributed by atoms with Crippen molar-refractivity contribution in [1.82, 2.24) is 0 Å². The van der Waals surface area contributed by atoms with Gasteiger partial charge in [-0.2, -0.15) is 0 Å². The van der Waals surface area contributed by atoms with E-state index in [-0.39, 0.29) is 28.9 Å². The zero-order valence-corrected chi connectivity index (χ0v) is 10.4. The number of carbonyl (C=O) groups is 3. The van der Waals surface area contributed by atoms with Crippen LogP contribution in [0.25, 0.3) is 0 Å². The summed E-state index contributed by atoms with van der Waals surface area (Å²) in [5.74, 6) is -1.81. The second kappa shape index (κ2) is 5.44. The third-order valence-electron chi connectivity index (χ3n) is 2.63. The molecule has 1 rings (SSSR count). The van der Waals surface area contributed by atoms with Gasteiger partial charge in [0.1, 0.15) is 0 Å². The van der Waals surface area contributed by atoms with Crippen LogP contribution in [-0.4, -0.2) is 29.9 Å². The van der Waals surface area contributed by atoms with Gasteiger partial charge in [0.25, 0.3) is 0 Å². The monoisotopic (exact) mass is 250 g/mol. The molecule has 1 N–H and O–H groups in total. The normalized spacial score (nSPS) is 9.94. The molecule has 18 heavy (non-hydrogen) atoms. The van der Waals surface area contributed by atoms with E-state index >= 15 is 0 Å². The van der Waals surface area contributed by atoms with Gasteiger partial charge in [-0.1, -0.05) is 0 Å². The fraction of sp³-hybridized carbons (Fsp3) is 0.308. The Kier molecular flexibility index (Phi) is 4.20. The highest BCUT2D eigenvalue weighted by molar-refractivity contribution is 6.03. The summed E-state index contributed by atoms with van der Waals surface area (Å²) in [5.41, 5.74) is 0.894. The number of aldehydes is 1. The Morgan fingerprint density at radius 1 is 1.33 bits per heavy atom. The van der Waals surface area contributed by atoms with Crippen LogP contribution in [0.2, 0.25) is 0 Å². The Labute approximate surface area is 104 Å². The number of hydrogen-bond acceptors (Lipinski definition) is 4. The molecule has 0 aliphatic rings. The van der Waals surface area contributed by atoms with Crippen LogP contribution in [0, 0.1) is 13.8 Å². The van der Waals surface area contributed by atoms with E-state index < -0.39 is 11.9 Å². The summed E-state index contributed by atoms with van der Waals surface area (Å²) >= 11 is 0. The van der Waals surface area contributed by atoms with Gasteiger partial charge in [-0.15, -0.1) is 0 Å². The molecule has 0 heterocycles. The summed E-state index contributed by atoms with van der Waals surface area (Å²) in [5, 5.41) is 9.09. The molecule has 5 heteroatoms. The number of carboxylic acids is 1. The van der Waals surface area contributed by atoms with Crippen LogP contribution in [0.1, 0.15) is 49.1 Å². The number of rotatable bonds is 4. The third-order valence-corrected chi connectivity index (χ3v) is 2.63. The molecule has 0 aliphatic carbocycles. The molecule has 0 aliphatic heterocycles. The largest absolute Gasteiger partial charge is 0.478 e. The molecule has 96 valence electrons. The summed E-state index contributed by atoms with van der Waals surface area (Å²) in [7, 11) is 0. The van der Waals surface area contributed by atoms with E-state index in [4.69, 9.17) is 9.84 Å². The van der Waals surface area contributed by atoms with Crippen molar-refractivity contribution in [3.8, 4) is 0 Å². The minimum atomic E-state index is -1.24. The highest BCUT2D eigenvalue weighted by Crippen LogP contribution is 2.22. The molecule has 0 aromatic heterocycles. The second-order valence-electron chi connectivity index (χ2n) is 3.80. The second-order valence-corrected chi connectivity index (χ2v) is 3.80. The van der Waals surface area contributed by atoms with Gasteiger partial charge in [0.15, 0.2) is 6.29 Å². The molecule has 0 bridgehead atoms. The van der Waals surface area contributed by atoms with E-state index in [9.17, 15) is 14.4 Å². The molecule has 0 radical (unpaired) electrons. The third kappa shape index (κ3) is 2.40. The summed E-state index contributed by atoms with van der Waals surface area (Å²) in [6, 6.07) is 1.38. The molecule has 0 saturated carbocycles.